The molecule has 3 nitrogen and oxygen atoms in total. The molecular formula is C9H12FNO2S. The molecule has 0 aromatic carbocycles. The molecule has 14 heavy (non-hydrogen) atoms. The lowest BCUT2D eigenvalue weighted by Gasteiger charge is -1.91. The van der Waals surface area contributed by atoms with Crippen LogP contribution in [0.1, 0.15) is 20.3 Å². The Kier molecular flexibility index (Phi) is 5.87. The summed E-state index contributed by atoms with van der Waals surface area (Å²) in [5.74, 6) is -0.830. The summed E-state index contributed by atoms with van der Waals surface area (Å²) in [6.45, 7) is 4.00. The Morgan fingerprint density at radius 3 is 2.57 bits per heavy atom. The first-order valence-corrected chi connectivity index (χ1v) is 4.66. The number of hydrogen-bond donors (Lipinski definition) is 1. The number of hydrogen-bond acceptors (Lipinski definition) is 3. The van der Waals surface area contributed by atoms with Crippen LogP contribution in [-0.4, -0.2) is 4.92 Å². The van der Waals surface area contributed by atoms with Gasteiger partial charge in [0.25, 0.3) is 0 Å². The van der Waals surface area contributed by atoms with Crippen LogP contribution in [0.5, 0.6) is 0 Å². The molecule has 0 spiro atoms. The van der Waals surface area contributed by atoms with E-state index < -0.39 is 16.4 Å². The molecule has 0 heterocycles. The molecule has 1 aliphatic carbocycles. The Balaban J connectivity index is 0.000000791. The first-order valence-electron chi connectivity index (χ1n) is 4.21. The SMILES string of the molecule is CC.O=[N+]([O-])C1=CCC(S)=CC=C1F. The third-order valence-corrected chi connectivity index (χ3v) is 1.70. The summed E-state index contributed by atoms with van der Waals surface area (Å²) < 4.78 is 12.8. The molecule has 0 bridgehead atoms. The number of rotatable bonds is 1. The molecule has 0 fully saturated rings. The van der Waals surface area contributed by atoms with Crippen molar-refractivity contribution in [1.29, 1.82) is 0 Å². The minimum Gasteiger partial charge on any atom is -0.258 e. The van der Waals surface area contributed by atoms with Crippen LogP contribution in [0.25, 0.3) is 0 Å². The molecule has 0 aromatic rings. The topological polar surface area (TPSA) is 43.1 Å². The van der Waals surface area contributed by atoms with Crippen molar-refractivity contribution in [2.75, 3.05) is 0 Å². The summed E-state index contributed by atoms with van der Waals surface area (Å²) >= 11 is 3.96. The highest BCUT2D eigenvalue weighted by Crippen LogP contribution is 2.20. The van der Waals surface area contributed by atoms with E-state index in [1.54, 1.807) is 0 Å². The molecule has 78 valence electrons. The van der Waals surface area contributed by atoms with Crippen molar-refractivity contribution in [3.05, 3.63) is 44.8 Å². The fourth-order valence-electron chi connectivity index (χ4n) is 0.783. The molecule has 0 unspecified atom stereocenters. The van der Waals surface area contributed by atoms with Crippen LogP contribution in [0, 0.1) is 10.1 Å². The van der Waals surface area contributed by atoms with E-state index >= 15 is 0 Å². The fraction of sp³-hybridized carbons (Fsp3) is 0.333. The van der Waals surface area contributed by atoms with Gasteiger partial charge >= 0.3 is 5.70 Å². The first kappa shape index (κ1) is 12.9. The Bertz CT molecular complexity index is 308. The zero-order valence-corrected chi connectivity index (χ0v) is 8.92. The van der Waals surface area contributed by atoms with Gasteiger partial charge in [-0.3, -0.25) is 10.1 Å². The smallest absolute Gasteiger partial charge is 0.258 e. The van der Waals surface area contributed by atoms with Crippen molar-refractivity contribution in [1.82, 2.24) is 0 Å². The minimum atomic E-state index is -0.830. The third kappa shape index (κ3) is 3.74. The van der Waals surface area contributed by atoms with E-state index in [9.17, 15) is 14.5 Å². The molecule has 1 rings (SSSR count). The van der Waals surface area contributed by atoms with E-state index in [2.05, 4.69) is 12.6 Å². The Hall–Kier alpha value is -1.10. The van der Waals surface area contributed by atoms with Gasteiger partial charge in [-0.15, -0.1) is 12.6 Å². The van der Waals surface area contributed by atoms with E-state index in [4.69, 9.17) is 0 Å². The molecule has 0 N–H and O–H groups in total. The lowest BCUT2D eigenvalue weighted by atomic mass is 10.3. The lowest BCUT2D eigenvalue weighted by Crippen LogP contribution is -1.98. The predicted molar refractivity (Wildman–Crippen MR) is 57.3 cm³/mol. The average Bonchev–Trinajstić information content (AvgIpc) is 2.32. The second-order valence-electron chi connectivity index (χ2n) is 2.22. The predicted octanol–water partition coefficient (Wildman–Crippen LogP) is 3.24. The molecule has 5 heteroatoms. The van der Waals surface area contributed by atoms with E-state index in [0.29, 0.717) is 11.3 Å². The normalized spacial score (nSPS) is 15.3. The Labute approximate surface area is 87.6 Å². The highest BCUT2D eigenvalue weighted by molar-refractivity contribution is 7.84. The minimum absolute atomic E-state index is 0.295. The molecule has 1 aliphatic rings. The standard InChI is InChI=1S/C7H6FNO2S.C2H6/c8-6-3-1-5(12)2-4-7(6)9(10)11;1-2/h1,3-4,12H,2H2;1-2H3. The van der Waals surface area contributed by atoms with Crippen LogP contribution in [0.2, 0.25) is 0 Å². The molecule has 0 atom stereocenters. The van der Waals surface area contributed by atoms with Gasteiger partial charge < -0.3 is 0 Å². The van der Waals surface area contributed by atoms with Gasteiger partial charge in [-0.05, 0) is 17.1 Å². The fourth-order valence-corrected chi connectivity index (χ4v) is 0.949. The Morgan fingerprint density at radius 1 is 1.50 bits per heavy atom. The number of nitro groups is 1. The molecule has 0 aliphatic heterocycles. The van der Waals surface area contributed by atoms with E-state index in [-0.39, 0.29) is 0 Å². The third-order valence-electron chi connectivity index (χ3n) is 1.37. The average molecular weight is 217 g/mol. The summed E-state index contributed by atoms with van der Waals surface area (Å²) in [6.07, 6.45) is 3.95. The summed E-state index contributed by atoms with van der Waals surface area (Å²) in [4.78, 5) is 10.1. The van der Waals surface area contributed by atoms with E-state index in [1.807, 2.05) is 13.8 Å². The largest absolute Gasteiger partial charge is 0.301 e. The van der Waals surface area contributed by atoms with Crippen molar-refractivity contribution in [2.45, 2.75) is 20.3 Å². The number of allylic oxidation sites excluding steroid dienone is 5. The van der Waals surface area contributed by atoms with Crippen LogP contribution in [0.4, 0.5) is 4.39 Å². The molecule has 0 saturated carbocycles. The van der Waals surface area contributed by atoms with Crippen LogP contribution in [0.15, 0.2) is 34.7 Å². The molecular weight excluding hydrogens is 205 g/mol. The number of halogens is 1. The van der Waals surface area contributed by atoms with Crippen LogP contribution in [-0.2, 0) is 0 Å². The van der Waals surface area contributed by atoms with Crippen molar-refractivity contribution in [2.24, 2.45) is 0 Å². The van der Waals surface area contributed by atoms with Crippen molar-refractivity contribution < 1.29 is 9.31 Å². The molecule has 0 aromatic heterocycles. The summed E-state index contributed by atoms with van der Waals surface area (Å²) in [5, 5.41) is 10.2. The van der Waals surface area contributed by atoms with Crippen LogP contribution >= 0.6 is 12.6 Å². The monoisotopic (exact) mass is 217 g/mol. The van der Waals surface area contributed by atoms with Gasteiger partial charge in [-0.2, -0.15) is 4.39 Å². The van der Waals surface area contributed by atoms with E-state index in [1.165, 1.54) is 12.2 Å². The molecule has 0 amide bonds. The summed E-state index contributed by atoms with van der Waals surface area (Å²) in [5.41, 5.74) is -0.490. The van der Waals surface area contributed by atoms with Crippen LogP contribution in [0.3, 0.4) is 0 Å². The van der Waals surface area contributed by atoms with Gasteiger partial charge in [0.15, 0.2) is 5.83 Å². The second-order valence-corrected chi connectivity index (χ2v) is 2.80. The van der Waals surface area contributed by atoms with Gasteiger partial charge in [-0.1, -0.05) is 13.8 Å². The zero-order chi connectivity index (χ0) is 11.1. The van der Waals surface area contributed by atoms with Crippen molar-refractivity contribution in [3.63, 3.8) is 0 Å². The molecule has 0 radical (unpaired) electrons. The maximum Gasteiger partial charge on any atom is 0.301 e. The van der Waals surface area contributed by atoms with Gasteiger partial charge in [-0.25, -0.2) is 0 Å². The Morgan fingerprint density at radius 2 is 2.07 bits per heavy atom. The van der Waals surface area contributed by atoms with Gasteiger partial charge in [0.2, 0.25) is 0 Å². The highest BCUT2D eigenvalue weighted by Gasteiger charge is 2.17. The van der Waals surface area contributed by atoms with Gasteiger partial charge in [0.1, 0.15) is 0 Å². The van der Waals surface area contributed by atoms with Crippen molar-refractivity contribution >= 4 is 12.6 Å². The summed E-state index contributed by atoms with van der Waals surface area (Å²) in [7, 11) is 0. The van der Waals surface area contributed by atoms with E-state index in [0.717, 1.165) is 6.08 Å². The second kappa shape index (κ2) is 6.37. The highest BCUT2D eigenvalue weighted by atomic mass is 32.1. The number of nitrogens with zero attached hydrogens (tertiary/aromatic N) is 1. The van der Waals surface area contributed by atoms with Crippen LogP contribution < -0.4 is 0 Å². The molecule has 0 saturated heterocycles. The maximum atomic E-state index is 12.8. The van der Waals surface area contributed by atoms with Crippen molar-refractivity contribution in [3.8, 4) is 0 Å². The zero-order valence-electron chi connectivity index (χ0n) is 8.03. The van der Waals surface area contributed by atoms with Gasteiger partial charge in [0.05, 0.1) is 4.92 Å². The first-order chi connectivity index (χ1) is 6.61. The van der Waals surface area contributed by atoms with Gasteiger partial charge in [0, 0.05) is 12.5 Å². The summed E-state index contributed by atoms with van der Waals surface area (Å²) in [6, 6.07) is 0. The lowest BCUT2D eigenvalue weighted by molar-refractivity contribution is -0.423. The number of thiol groups is 1. The quantitative estimate of drug-likeness (QED) is 0.416. The maximum absolute atomic E-state index is 12.8.